The van der Waals surface area contributed by atoms with Gasteiger partial charge in [-0.25, -0.2) is 4.39 Å². The Bertz CT molecular complexity index is 616. The normalized spacial score (nSPS) is 10.2. The minimum Gasteiger partial charge on any atom is -0.508 e. The third-order valence-electron chi connectivity index (χ3n) is 2.54. The summed E-state index contributed by atoms with van der Waals surface area (Å²) in [6.07, 6.45) is 0. The zero-order chi connectivity index (χ0) is 13.8. The molecule has 0 spiro atoms. The summed E-state index contributed by atoms with van der Waals surface area (Å²) in [5, 5.41) is 11.9. The van der Waals surface area contributed by atoms with E-state index in [9.17, 15) is 14.3 Å². The molecular weight excluding hydrogens is 313 g/mol. The van der Waals surface area contributed by atoms with Crippen LogP contribution in [0.4, 0.5) is 4.39 Å². The van der Waals surface area contributed by atoms with Crippen LogP contribution in [0.25, 0.3) is 0 Å². The van der Waals surface area contributed by atoms with Gasteiger partial charge in [-0.2, -0.15) is 0 Å². The number of carbonyl (C=O) groups excluding carboxylic acids is 1. The number of hydrogen-bond acceptors (Lipinski definition) is 2. The number of amides is 1. The van der Waals surface area contributed by atoms with Crippen molar-refractivity contribution in [2.75, 3.05) is 0 Å². The van der Waals surface area contributed by atoms with Crippen molar-refractivity contribution in [1.29, 1.82) is 0 Å². The number of halogens is 2. The molecule has 0 unspecified atom stereocenters. The van der Waals surface area contributed by atoms with Crippen LogP contribution in [0, 0.1) is 5.82 Å². The number of phenolic OH excluding ortho intramolecular Hbond substituents is 1. The molecule has 0 atom stereocenters. The minimum atomic E-state index is -0.573. The Balaban J connectivity index is 2.07. The highest BCUT2D eigenvalue weighted by molar-refractivity contribution is 9.10. The van der Waals surface area contributed by atoms with Crippen LogP contribution in [0.15, 0.2) is 46.9 Å². The van der Waals surface area contributed by atoms with Crippen LogP contribution in [-0.4, -0.2) is 11.0 Å². The van der Waals surface area contributed by atoms with Gasteiger partial charge in [0.05, 0.1) is 5.56 Å². The number of rotatable bonds is 3. The Morgan fingerprint density at radius 3 is 2.79 bits per heavy atom. The fourth-order valence-electron chi connectivity index (χ4n) is 1.62. The molecule has 0 aliphatic carbocycles. The second kappa shape index (κ2) is 5.84. The van der Waals surface area contributed by atoms with Crippen molar-refractivity contribution in [3.63, 3.8) is 0 Å². The van der Waals surface area contributed by atoms with Crippen molar-refractivity contribution < 1.29 is 14.3 Å². The molecule has 2 N–H and O–H groups in total. The molecule has 0 saturated heterocycles. The maximum Gasteiger partial charge on any atom is 0.254 e. The lowest BCUT2D eigenvalue weighted by molar-refractivity contribution is 0.0946. The standard InChI is InChI=1S/C14H11BrFNO2/c15-10-4-5-13(16)12(7-10)14(19)17-8-9-2-1-3-11(18)6-9/h1-7,18H,8H2,(H,17,19). The van der Waals surface area contributed by atoms with Gasteiger partial charge >= 0.3 is 0 Å². The molecular formula is C14H11BrFNO2. The predicted octanol–water partition coefficient (Wildman–Crippen LogP) is 3.22. The molecule has 5 heteroatoms. The van der Waals surface area contributed by atoms with Gasteiger partial charge in [0.15, 0.2) is 0 Å². The van der Waals surface area contributed by atoms with E-state index >= 15 is 0 Å². The lowest BCUT2D eigenvalue weighted by Crippen LogP contribution is -2.23. The fourth-order valence-corrected chi connectivity index (χ4v) is 1.98. The third kappa shape index (κ3) is 3.54. The van der Waals surface area contributed by atoms with E-state index < -0.39 is 11.7 Å². The lowest BCUT2D eigenvalue weighted by Gasteiger charge is -2.07. The highest BCUT2D eigenvalue weighted by atomic mass is 79.9. The Kier molecular flexibility index (Phi) is 4.16. The maximum absolute atomic E-state index is 13.5. The van der Waals surface area contributed by atoms with Gasteiger partial charge in [0.25, 0.3) is 5.91 Å². The van der Waals surface area contributed by atoms with Crippen LogP contribution in [0.5, 0.6) is 5.75 Å². The summed E-state index contributed by atoms with van der Waals surface area (Å²) in [4.78, 5) is 11.8. The lowest BCUT2D eigenvalue weighted by atomic mass is 10.2. The Morgan fingerprint density at radius 1 is 1.26 bits per heavy atom. The SMILES string of the molecule is O=C(NCc1cccc(O)c1)c1cc(Br)ccc1F. The molecule has 1 amide bonds. The first-order valence-corrected chi connectivity index (χ1v) is 6.37. The van der Waals surface area contributed by atoms with E-state index in [1.54, 1.807) is 18.2 Å². The van der Waals surface area contributed by atoms with Crippen LogP contribution < -0.4 is 5.32 Å². The number of hydrogen-bond donors (Lipinski definition) is 2. The molecule has 0 fully saturated rings. The van der Waals surface area contributed by atoms with E-state index in [2.05, 4.69) is 21.2 Å². The van der Waals surface area contributed by atoms with E-state index in [0.717, 1.165) is 5.56 Å². The first kappa shape index (κ1) is 13.5. The number of benzene rings is 2. The second-order valence-corrected chi connectivity index (χ2v) is 4.89. The van der Waals surface area contributed by atoms with Gasteiger partial charge in [-0.1, -0.05) is 28.1 Å². The Labute approximate surface area is 118 Å². The highest BCUT2D eigenvalue weighted by Gasteiger charge is 2.11. The zero-order valence-corrected chi connectivity index (χ0v) is 11.4. The minimum absolute atomic E-state index is 0.0190. The van der Waals surface area contributed by atoms with Crippen LogP contribution >= 0.6 is 15.9 Å². The molecule has 0 radical (unpaired) electrons. The fraction of sp³-hybridized carbons (Fsp3) is 0.0714. The average Bonchev–Trinajstić information content (AvgIpc) is 2.39. The number of phenols is 1. The second-order valence-electron chi connectivity index (χ2n) is 3.98. The van der Waals surface area contributed by atoms with E-state index in [0.29, 0.717) is 4.47 Å². The van der Waals surface area contributed by atoms with Gasteiger partial charge < -0.3 is 10.4 Å². The largest absolute Gasteiger partial charge is 0.508 e. The molecule has 3 nitrogen and oxygen atoms in total. The van der Waals surface area contributed by atoms with Crippen LogP contribution in [0.3, 0.4) is 0 Å². The number of carbonyl (C=O) groups is 1. The molecule has 0 aliphatic rings. The molecule has 2 aromatic rings. The van der Waals surface area contributed by atoms with E-state index in [-0.39, 0.29) is 17.9 Å². The third-order valence-corrected chi connectivity index (χ3v) is 3.03. The molecule has 0 aliphatic heterocycles. The monoisotopic (exact) mass is 323 g/mol. The van der Waals surface area contributed by atoms with Gasteiger partial charge in [-0.3, -0.25) is 4.79 Å². The summed E-state index contributed by atoms with van der Waals surface area (Å²) in [7, 11) is 0. The van der Waals surface area contributed by atoms with Crippen molar-refractivity contribution >= 4 is 21.8 Å². The number of aromatic hydroxyl groups is 1. The van der Waals surface area contributed by atoms with Crippen molar-refractivity contribution in [3.8, 4) is 5.75 Å². The van der Waals surface area contributed by atoms with Crippen molar-refractivity contribution in [2.45, 2.75) is 6.54 Å². The Morgan fingerprint density at radius 2 is 2.05 bits per heavy atom. The Hall–Kier alpha value is -1.88. The van der Waals surface area contributed by atoms with E-state index in [4.69, 9.17) is 0 Å². The van der Waals surface area contributed by atoms with E-state index in [1.807, 2.05) is 0 Å². The van der Waals surface area contributed by atoms with Crippen molar-refractivity contribution in [3.05, 3.63) is 63.9 Å². The molecule has 0 aromatic heterocycles. The summed E-state index contributed by atoms with van der Waals surface area (Å²) in [5.74, 6) is -0.945. The van der Waals surface area contributed by atoms with Crippen LogP contribution in [0.2, 0.25) is 0 Å². The van der Waals surface area contributed by atoms with Gasteiger partial charge in [-0.15, -0.1) is 0 Å². The van der Waals surface area contributed by atoms with Gasteiger partial charge in [0, 0.05) is 11.0 Å². The summed E-state index contributed by atoms with van der Waals surface area (Å²) in [6.45, 7) is 0.221. The molecule has 0 heterocycles. The smallest absolute Gasteiger partial charge is 0.254 e. The molecule has 0 bridgehead atoms. The van der Waals surface area contributed by atoms with Crippen molar-refractivity contribution in [2.24, 2.45) is 0 Å². The highest BCUT2D eigenvalue weighted by Crippen LogP contribution is 2.16. The molecule has 2 rings (SSSR count). The summed E-state index contributed by atoms with van der Waals surface area (Å²) < 4.78 is 14.1. The quantitative estimate of drug-likeness (QED) is 0.911. The van der Waals surface area contributed by atoms with Gasteiger partial charge in [0.2, 0.25) is 0 Å². The first-order valence-electron chi connectivity index (χ1n) is 5.57. The predicted molar refractivity (Wildman–Crippen MR) is 73.4 cm³/mol. The van der Waals surface area contributed by atoms with Crippen molar-refractivity contribution in [1.82, 2.24) is 5.32 Å². The summed E-state index contributed by atoms with van der Waals surface area (Å²) in [6, 6.07) is 10.7. The first-order chi connectivity index (χ1) is 9.06. The summed E-state index contributed by atoms with van der Waals surface area (Å²) in [5.41, 5.74) is 0.721. The van der Waals surface area contributed by atoms with Crippen LogP contribution in [-0.2, 0) is 6.54 Å². The molecule has 19 heavy (non-hydrogen) atoms. The number of nitrogens with one attached hydrogen (secondary N) is 1. The van der Waals surface area contributed by atoms with E-state index in [1.165, 1.54) is 24.3 Å². The molecule has 0 saturated carbocycles. The zero-order valence-electron chi connectivity index (χ0n) is 9.86. The van der Waals surface area contributed by atoms with Gasteiger partial charge in [0.1, 0.15) is 11.6 Å². The average molecular weight is 324 g/mol. The topological polar surface area (TPSA) is 49.3 Å². The maximum atomic E-state index is 13.5. The van der Waals surface area contributed by atoms with Gasteiger partial charge in [-0.05, 0) is 35.9 Å². The molecule has 98 valence electrons. The molecule has 2 aromatic carbocycles. The summed E-state index contributed by atoms with van der Waals surface area (Å²) >= 11 is 3.19. The van der Waals surface area contributed by atoms with Crippen LogP contribution in [0.1, 0.15) is 15.9 Å².